The van der Waals surface area contributed by atoms with E-state index in [-0.39, 0.29) is 0 Å². The Morgan fingerprint density at radius 2 is 1.39 bits per heavy atom. The molecule has 0 N–H and O–H groups in total. The fourth-order valence-electron chi connectivity index (χ4n) is 1.88. The molecular weight excluding hydrogens is 218 g/mol. The standard InChI is InChI=1S/C17H13N/c1-13-10-16(11-14(2)17(13)12-18)9-8-15-6-4-3-5-7-15/h3-7,10-11H,1-2H3. The van der Waals surface area contributed by atoms with Crippen molar-refractivity contribution in [3.63, 3.8) is 0 Å². The molecule has 1 nitrogen and oxygen atoms in total. The third-order valence-electron chi connectivity index (χ3n) is 2.77. The van der Waals surface area contributed by atoms with Gasteiger partial charge in [0.2, 0.25) is 0 Å². The molecule has 0 saturated carbocycles. The Morgan fingerprint density at radius 1 is 0.833 bits per heavy atom. The van der Waals surface area contributed by atoms with Crippen molar-refractivity contribution >= 4 is 0 Å². The molecular formula is C17H13N. The molecule has 0 heterocycles. The van der Waals surface area contributed by atoms with E-state index in [1.165, 1.54) is 0 Å². The van der Waals surface area contributed by atoms with E-state index in [1.807, 2.05) is 56.3 Å². The van der Waals surface area contributed by atoms with Crippen LogP contribution in [-0.2, 0) is 0 Å². The fraction of sp³-hybridized carbons (Fsp3) is 0.118. The Balaban J connectivity index is 2.38. The molecule has 2 aromatic rings. The third-order valence-corrected chi connectivity index (χ3v) is 2.77. The quantitative estimate of drug-likeness (QED) is 0.636. The minimum Gasteiger partial charge on any atom is -0.192 e. The number of nitrogens with zero attached hydrogens (tertiary/aromatic N) is 1. The molecule has 2 rings (SSSR count). The van der Waals surface area contributed by atoms with E-state index in [2.05, 4.69) is 17.9 Å². The van der Waals surface area contributed by atoms with Crippen molar-refractivity contribution in [3.8, 4) is 17.9 Å². The molecule has 0 atom stereocenters. The Hall–Kier alpha value is -2.51. The number of aryl methyl sites for hydroxylation is 2. The summed E-state index contributed by atoms with van der Waals surface area (Å²) in [5.41, 5.74) is 4.66. The summed E-state index contributed by atoms with van der Waals surface area (Å²) < 4.78 is 0. The van der Waals surface area contributed by atoms with E-state index in [0.29, 0.717) is 0 Å². The molecule has 18 heavy (non-hydrogen) atoms. The molecule has 0 radical (unpaired) electrons. The Bertz CT molecular complexity index is 641. The van der Waals surface area contributed by atoms with Gasteiger partial charge in [0.15, 0.2) is 0 Å². The van der Waals surface area contributed by atoms with Gasteiger partial charge < -0.3 is 0 Å². The molecule has 2 aromatic carbocycles. The topological polar surface area (TPSA) is 23.8 Å². The minimum atomic E-state index is 0.750. The van der Waals surface area contributed by atoms with Gasteiger partial charge in [0, 0.05) is 11.1 Å². The Morgan fingerprint density at radius 3 is 1.94 bits per heavy atom. The van der Waals surface area contributed by atoms with Gasteiger partial charge in [-0.1, -0.05) is 30.0 Å². The second kappa shape index (κ2) is 5.21. The van der Waals surface area contributed by atoms with E-state index >= 15 is 0 Å². The molecule has 0 bridgehead atoms. The van der Waals surface area contributed by atoms with Gasteiger partial charge in [-0.2, -0.15) is 5.26 Å². The summed E-state index contributed by atoms with van der Waals surface area (Å²) >= 11 is 0. The zero-order chi connectivity index (χ0) is 13.0. The molecule has 0 aliphatic carbocycles. The second-order valence-corrected chi connectivity index (χ2v) is 4.21. The average Bonchev–Trinajstić information content (AvgIpc) is 2.37. The second-order valence-electron chi connectivity index (χ2n) is 4.21. The average molecular weight is 231 g/mol. The molecule has 0 saturated heterocycles. The number of hydrogen-bond donors (Lipinski definition) is 0. The Labute approximate surface area is 108 Å². The first kappa shape index (κ1) is 12.0. The summed E-state index contributed by atoms with van der Waals surface area (Å²) in [6.07, 6.45) is 0. The number of benzene rings is 2. The maximum atomic E-state index is 9.01. The van der Waals surface area contributed by atoms with Gasteiger partial charge in [-0.05, 0) is 49.2 Å². The van der Waals surface area contributed by atoms with Gasteiger partial charge in [0.05, 0.1) is 11.6 Å². The van der Waals surface area contributed by atoms with E-state index in [0.717, 1.165) is 27.8 Å². The largest absolute Gasteiger partial charge is 0.192 e. The molecule has 0 spiro atoms. The lowest BCUT2D eigenvalue weighted by molar-refractivity contribution is 1.31. The molecule has 86 valence electrons. The maximum Gasteiger partial charge on any atom is 0.0997 e. The summed E-state index contributed by atoms with van der Waals surface area (Å²) in [5, 5.41) is 9.01. The highest BCUT2D eigenvalue weighted by Gasteiger charge is 2.02. The summed E-state index contributed by atoms with van der Waals surface area (Å²) in [4.78, 5) is 0. The summed E-state index contributed by atoms with van der Waals surface area (Å²) in [6.45, 7) is 3.89. The van der Waals surface area contributed by atoms with Crippen LogP contribution in [0.4, 0.5) is 0 Å². The SMILES string of the molecule is Cc1cc(C#Cc2ccccc2)cc(C)c1C#N. The van der Waals surface area contributed by atoms with Gasteiger partial charge in [0.1, 0.15) is 0 Å². The lowest BCUT2D eigenvalue weighted by Gasteiger charge is -2.02. The van der Waals surface area contributed by atoms with Crippen LogP contribution in [0.3, 0.4) is 0 Å². The van der Waals surface area contributed by atoms with Gasteiger partial charge >= 0.3 is 0 Å². The Kier molecular flexibility index (Phi) is 3.46. The lowest BCUT2D eigenvalue weighted by Crippen LogP contribution is -1.89. The first-order valence-corrected chi connectivity index (χ1v) is 5.79. The summed E-state index contributed by atoms with van der Waals surface area (Å²) in [7, 11) is 0. The van der Waals surface area contributed by atoms with E-state index in [9.17, 15) is 0 Å². The van der Waals surface area contributed by atoms with Crippen LogP contribution in [0.15, 0.2) is 42.5 Å². The van der Waals surface area contributed by atoms with Crippen molar-refractivity contribution < 1.29 is 0 Å². The molecule has 0 unspecified atom stereocenters. The van der Waals surface area contributed by atoms with Gasteiger partial charge in [-0.25, -0.2) is 0 Å². The zero-order valence-corrected chi connectivity index (χ0v) is 10.5. The molecule has 0 fully saturated rings. The van der Waals surface area contributed by atoms with Crippen LogP contribution in [0.5, 0.6) is 0 Å². The monoisotopic (exact) mass is 231 g/mol. The highest BCUT2D eigenvalue weighted by atomic mass is 14.2. The molecule has 0 amide bonds. The first-order chi connectivity index (χ1) is 8.70. The van der Waals surface area contributed by atoms with Crippen LogP contribution in [0.1, 0.15) is 27.8 Å². The number of nitriles is 1. The van der Waals surface area contributed by atoms with Crippen molar-refractivity contribution in [1.29, 1.82) is 5.26 Å². The summed E-state index contributed by atoms with van der Waals surface area (Å²) in [5.74, 6) is 6.25. The van der Waals surface area contributed by atoms with Gasteiger partial charge in [-0.15, -0.1) is 0 Å². The highest BCUT2D eigenvalue weighted by molar-refractivity contribution is 5.51. The van der Waals surface area contributed by atoms with E-state index in [1.54, 1.807) is 0 Å². The predicted octanol–water partition coefficient (Wildman–Crippen LogP) is 3.57. The van der Waals surface area contributed by atoms with Crippen LogP contribution in [0.25, 0.3) is 0 Å². The number of hydrogen-bond acceptors (Lipinski definition) is 1. The van der Waals surface area contributed by atoms with Crippen molar-refractivity contribution in [2.24, 2.45) is 0 Å². The van der Waals surface area contributed by atoms with Crippen LogP contribution >= 0.6 is 0 Å². The van der Waals surface area contributed by atoms with Crippen molar-refractivity contribution in [2.45, 2.75) is 13.8 Å². The minimum absolute atomic E-state index is 0.750. The van der Waals surface area contributed by atoms with Gasteiger partial charge in [-0.3, -0.25) is 0 Å². The third kappa shape index (κ3) is 2.59. The molecule has 0 aromatic heterocycles. The van der Waals surface area contributed by atoms with Crippen LogP contribution < -0.4 is 0 Å². The normalized spacial score (nSPS) is 9.17. The number of rotatable bonds is 0. The van der Waals surface area contributed by atoms with Crippen molar-refractivity contribution in [3.05, 3.63) is 70.3 Å². The van der Waals surface area contributed by atoms with Crippen LogP contribution in [-0.4, -0.2) is 0 Å². The zero-order valence-electron chi connectivity index (χ0n) is 10.5. The fourth-order valence-corrected chi connectivity index (χ4v) is 1.88. The van der Waals surface area contributed by atoms with Crippen LogP contribution in [0, 0.1) is 37.0 Å². The first-order valence-electron chi connectivity index (χ1n) is 5.79. The van der Waals surface area contributed by atoms with Crippen molar-refractivity contribution in [1.82, 2.24) is 0 Å². The summed E-state index contributed by atoms with van der Waals surface area (Å²) in [6, 6.07) is 16.0. The lowest BCUT2D eigenvalue weighted by atomic mass is 10.0. The van der Waals surface area contributed by atoms with Gasteiger partial charge in [0.25, 0.3) is 0 Å². The maximum absolute atomic E-state index is 9.01. The van der Waals surface area contributed by atoms with Crippen LogP contribution in [0.2, 0.25) is 0 Å². The predicted molar refractivity (Wildman–Crippen MR) is 73.1 cm³/mol. The van der Waals surface area contributed by atoms with E-state index < -0.39 is 0 Å². The molecule has 1 heteroatoms. The van der Waals surface area contributed by atoms with Crippen molar-refractivity contribution in [2.75, 3.05) is 0 Å². The molecule has 0 aliphatic heterocycles. The van der Waals surface area contributed by atoms with E-state index in [4.69, 9.17) is 5.26 Å². The molecule has 0 aliphatic rings. The smallest absolute Gasteiger partial charge is 0.0997 e. The highest BCUT2D eigenvalue weighted by Crippen LogP contribution is 2.15.